The van der Waals surface area contributed by atoms with Gasteiger partial charge in [0, 0.05) is 65.1 Å². The Kier molecular flexibility index (Phi) is 10.5. The third kappa shape index (κ3) is 7.29. The van der Waals surface area contributed by atoms with E-state index in [0.717, 1.165) is 19.0 Å². The van der Waals surface area contributed by atoms with Crippen LogP contribution in [0.4, 0.5) is 5.69 Å². The minimum atomic E-state index is 0. The average molecular weight is 515 g/mol. The molecule has 2 heterocycles. The molecular weight excluding hydrogens is 475 g/mol. The standard InChI is InChI=1S/C22H38N6.HI/c1-4-26-14-16-27(17-15-26)13-10-24-22(23-3)25-19(2)20-8-7-9-21(18-20)28-11-5-6-12-28;/h7-9,18-19H,4-6,10-17H2,1-3H3,(H2,23,24,25);1H. The highest BCUT2D eigenvalue weighted by Crippen LogP contribution is 2.23. The molecule has 2 aliphatic heterocycles. The number of anilines is 1. The fraction of sp³-hybridized carbons (Fsp3) is 0.682. The highest BCUT2D eigenvalue weighted by molar-refractivity contribution is 14.0. The second-order valence-corrected chi connectivity index (χ2v) is 7.93. The number of nitrogens with zero attached hydrogens (tertiary/aromatic N) is 4. The molecule has 0 radical (unpaired) electrons. The molecule has 2 fully saturated rings. The summed E-state index contributed by atoms with van der Waals surface area (Å²) in [6, 6.07) is 9.16. The average Bonchev–Trinajstić information content (AvgIpc) is 3.28. The van der Waals surface area contributed by atoms with Crippen LogP contribution in [0, 0.1) is 0 Å². The molecule has 1 aromatic carbocycles. The molecular formula is C22H39IN6. The largest absolute Gasteiger partial charge is 0.372 e. The minimum absolute atomic E-state index is 0. The molecule has 3 rings (SSSR count). The lowest BCUT2D eigenvalue weighted by atomic mass is 10.1. The zero-order valence-corrected chi connectivity index (χ0v) is 20.7. The second kappa shape index (κ2) is 12.6. The lowest BCUT2D eigenvalue weighted by molar-refractivity contribution is 0.139. The fourth-order valence-corrected chi connectivity index (χ4v) is 4.11. The number of hydrogen-bond acceptors (Lipinski definition) is 4. The number of piperazine rings is 1. The summed E-state index contributed by atoms with van der Waals surface area (Å²) in [4.78, 5) is 12.0. The molecule has 0 aromatic heterocycles. The van der Waals surface area contributed by atoms with Gasteiger partial charge in [-0.3, -0.25) is 9.89 Å². The molecule has 0 saturated carbocycles. The van der Waals surface area contributed by atoms with Gasteiger partial charge in [0.2, 0.25) is 0 Å². The number of hydrogen-bond donors (Lipinski definition) is 2. The van der Waals surface area contributed by atoms with Gasteiger partial charge in [-0.2, -0.15) is 0 Å². The van der Waals surface area contributed by atoms with Crippen molar-refractivity contribution in [2.75, 3.05) is 70.9 Å². The Labute approximate surface area is 194 Å². The maximum Gasteiger partial charge on any atom is 0.191 e. The van der Waals surface area contributed by atoms with Gasteiger partial charge >= 0.3 is 0 Å². The highest BCUT2D eigenvalue weighted by Gasteiger charge is 2.16. The first-order valence-corrected chi connectivity index (χ1v) is 11.0. The maximum absolute atomic E-state index is 4.42. The quantitative estimate of drug-likeness (QED) is 0.333. The Hall–Kier alpha value is -1.06. The van der Waals surface area contributed by atoms with E-state index in [-0.39, 0.29) is 30.0 Å². The second-order valence-electron chi connectivity index (χ2n) is 7.93. The first kappa shape index (κ1) is 24.2. The van der Waals surface area contributed by atoms with E-state index in [9.17, 15) is 0 Å². The molecule has 2 N–H and O–H groups in total. The Morgan fingerprint density at radius 1 is 1.07 bits per heavy atom. The summed E-state index contributed by atoms with van der Waals surface area (Å²) in [5.74, 6) is 0.881. The van der Waals surface area contributed by atoms with Crippen LogP contribution in [0.2, 0.25) is 0 Å². The molecule has 1 unspecified atom stereocenters. The Balaban J connectivity index is 0.00000300. The summed E-state index contributed by atoms with van der Waals surface area (Å²) in [6.07, 6.45) is 2.62. The van der Waals surface area contributed by atoms with Crippen LogP contribution in [0.3, 0.4) is 0 Å². The smallest absolute Gasteiger partial charge is 0.191 e. The molecule has 1 atom stereocenters. The predicted molar refractivity (Wildman–Crippen MR) is 135 cm³/mol. The van der Waals surface area contributed by atoms with Crippen molar-refractivity contribution in [3.63, 3.8) is 0 Å². The van der Waals surface area contributed by atoms with E-state index in [1.165, 1.54) is 69.9 Å². The van der Waals surface area contributed by atoms with Crippen molar-refractivity contribution in [1.82, 2.24) is 20.4 Å². The molecule has 1 aromatic rings. The number of halogens is 1. The van der Waals surface area contributed by atoms with Gasteiger partial charge in [0.1, 0.15) is 0 Å². The number of benzene rings is 1. The van der Waals surface area contributed by atoms with Crippen molar-refractivity contribution in [2.24, 2.45) is 4.99 Å². The summed E-state index contributed by atoms with van der Waals surface area (Å²) in [7, 11) is 1.85. The van der Waals surface area contributed by atoms with Gasteiger partial charge < -0.3 is 20.4 Å². The number of rotatable bonds is 7. The van der Waals surface area contributed by atoms with E-state index in [1.54, 1.807) is 0 Å². The van der Waals surface area contributed by atoms with E-state index in [4.69, 9.17) is 0 Å². The zero-order valence-electron chi connectivity index (χ0n) is 18.4. The SMILES string of the molecule is CCN1CCN(CCNC(=NC)NC(C)c2cccc(N3CCCC3)c2)CC1.I. The van der Waals surface area contributed by atoms with Crippen molar-refractivity contribution in [2.45, 2.75) is 32.7 Å². The third-order valence-corrected chi connectivity index (χ3v) is 6.05. The lowest BCUT2D eigenvalue weighted by Crippen LogP contribution is -2.49. The molecule has 2 saturated heterocycles. The van der Waals surface area contributed by atoms with Gasteiger partial charge in [-0.05, 0) is 44.0 Å². The molecule has 164 valence electrons. The molecule has 0 bridgehead atoms. The zero-order chi connectivity index (χ0) is 19.8. The van der Waals surface area contributed by atoms with Gasteiger partial charge in [-0.1, -0.05) is 19.1 Å². The van der Waals surface area contributed by atoms with E-state index in [2.05, 4.69) is 68.4 Å². The summed E-state index contributed by atoms with van der Waals surface area (Å²) < 4.78 is 0. The number of aliphatic imine (C=N–C) groups is 1. The van der Waals surface area contributed by atoms with E-state index in [0.29, 0.717) is 0 Å². The van der Waals surface area contributed by atoms with Gasteiger partial charge in [0.25, 0.3) is 0 Å². The topological polar surface area (TPSA) is 46.1 Å². The normalized spacial score (nSPS) is 19.7. The summed E-state index contributed by atoms with van der Waals surface area (Å²) in [6.45, 7) is 14.7. The van der Waals surface area contributed by atoms with Crippen molar-refractivity contribution < 1.29 is 0 Å². The number of guanidine groups is 1. The van der Waals surface area contributed by atoms with Crippen LogP contribution in [0.15, 0.2) is 29.3 Å². The maximum atomic E-state index is 4.42. The summed E-state index contributed by atoms with van der Waals surface area (Å²) in [5, 5.41) is 7.03. The molecule has 0 spiro atoms. The van der Waals surface area contributed by atoms with Crippen LogP contribution < -0.4 is 15.5 Å². The van der Waals surface area contributed by atoms with Gasteiger partial charge in [0.05, 0.1) is 6.04 Å². The number of nitrogens with one attached hydrogen (secondary N) is 2. The van der Waals surface area contributed by atoms with Crippen LogP contribution in [-0.4, -0.2) is 81.7 Å². The van der Waals surface area contributed by atoms with Crippen molar-refractivity contribution in [1.29, 1.82) is 0 Å². The molecule has 0 aliphatic carbocycles. The van der Waals surface area contributed by atoms with Gasteiger partial charge in [-0.25, -0.2) is 0 Å². The van der Waals surface area contributed by atoms with Crippen LogP contribution in [-0.2, 0) is 0 Å². The van der Waals surface area contributed by atoms with Gasteiger partial charge in [0.15, 0.2) is 5.96 Å². The molecule has 7 heteroatoms. The summed E-state index contributed by atoms with van der Waals surface area (Å²) in [5.41, 5.74) is 2.65. The number of likely N-dealkylation sites (N-methyl/N-ethyl adjacent to an activating group) is 1. The fourth-order valence-electron chi connectivity index (χ4n) is 4.11. The van der Waals surface area contributed by atoms with E-state index >= 15 is 0 Å². The van der Waals surface area contributed by atoms with E-state index < -0.39 is 0 Å². The lowest BCUT2D eigenvalue weighted by Gasteiger charge is -2.34. The van der Waals surface area contributed by atoms with Crippen LogP contribution >= 0.6 is 24.0 Å². The third-order valence-electron chi connectivity index (χ3n) is 6.05. The molecule has 2 aliphatic rings. The minimum Gasteiger partial charge on any atom is -0.372 e. The van der Waals surface area contributed by atoms with Crippen LogP contribution in [0.25, 0.3) is 0 Å². The Morgan fingerprint density at radius 3 is 2.41 bits per heavy atom. The van der Waals surface area contributed by atoms with Crippen LogP contribution in [0.5, 0.6) is 0 Å². The van der Waals surface area contributed by atoms with E-state index in [1.807, 2.05) is 7.05 Å². The first-order chi connectivity index (χ1) is 13.7. The first-order valence-electron chi connectivity index (χ1n) is 11.0. The van der Waals surface area contributed by atoms with Crippen molar-refractivity contribution in [3.05, 3.63) is 29.8 Å². The molecule has 29 heavy (non-hydrogen) atoms. The predicted octanol–water partition coefficient (Wildman–Crippen LogP) is 2.77. The molecule has 6 nitrogen and oxygen atoms in total. The Bertz CT molecular complexity index is 623. The highest BCUT2D eigenvalue weighted by atomic mass is 127. The Morgan fingerprint density at radius 2 is 1.76 bits per heavy atom. The summed E-state index contributed by atoms with van der Waals surface area (Å²) >= 11 is 0. The monoisotopic (exact) mass is 514 g/mol. The molecule has 0 amide bonds. The van der Waals surface area contributed by atoms with Crippen molar-refractivity contribution >= 4 is 35.6 Å². The van der Waals surface area contributed by atoms with Crippen LogP contribution in [0.1, 0.15) is 38.3 Å². The van der Waals surface area contributed by atoms with Gasteiger partial charge in [-0.15, -0.1) is 24.0 Å². The van der Waals surface area contributed by atoms with Crippen molar-refractivity contribution in [3.8, 4) is 0 Å².